The van der Waals surface area contributed by atoms with E-state index in [9.17, 15) is 23.2 Å². The first-order chi connectivity index (χ1) is 18.2. The van der Waals surface area contributed by atoms with Gasteiger partial charge in [-0.1, -0.05) is 39.3 Å². The van der Waals surface area contributed by atoms with Crippen molar-refractivity contribution in [1.82, 2.24) is 14.7 Å². The number of nitrogens with zero attached hydrogens (tertiary/aromatic N) is 2. The van der Waals surface area contributed by atoms with Gasteiger partial charge in [0.25, 0.3) is 11.8 Å². The van der Waals surface area contributed by atoms with E-state index in [1.807, 2.05) is 12.1 Å². The van der Waals surface area contributed by atoms with E-state index in [2.05, 4.69) is 17.1 Å². The standard InChI is InChI=1S/C27H38N4O6S/c1-4-5-21-6-8-22(9-7-21)26(32)28-23-10-12-24(13-11-23)38(35,36)31(25(20(2)3)27(33)29-34)15-14-30-16-18-37-19-17-30/h6-13,20,25,34H,4-5,14-19H2,1-3H3,(H,28,32)(H,29,33). The molecule has 11 heteroatoms. The molecule has 1 aliphatic rings. The highest BCUT2D eigenvalue weighted by molar-refractivity contribution is 7.89. The van der Waals surface area contributed by atoms with Gasteiger partial charge in [0.1, 0.15) is 6.04 Å². The lowest BCUT2D eigenvalue weighted by atomic mass is 10.0. The van der Waals surface area contributed by atoms with Gasteiger partial charge < -0.3 is 10.1 Å². The van der Waals surface area contributed by atoms with Gasteiger partial charge in [0.2, 0.25) is 10.0 Å². The first-order valence-corrected chi connectivity index (χ1v) is 14.4. The molecule has 0 aromatic heterocycles. The van der Waals surface area contributed by atoms with E-state index in [4.69, 9.17) is 4.74 Å². The SMILES string of the molecule is CCCc1ccc(C(=O)Nc2ccc(S(=O)(=O)N(CCN3CCOCC3)C(C(=O)NO)C(C)C)cc2)cc1. The summed E-state index contributed by atoms with van der Waals surface area (Å²) in [6, 6.07) is 12.1. The summed E-state index contributed by atoms with van der Waals surface area (Å²) in [6.45, 7) is 8.49. The molecule has 1 saturated heterocycles. The van der Waals surface area contributed by atoms with Gasteiger partial charge in [-0.2, -0.15) is 4.31 Å². The Morgan fingerprint density at radius 1 is 1.05 bits per heavy atom. The van der Waals surface area contributed by atoms with E-state index in [0.717, 1.165) is 22.7 Å². The summed E-state index contributed by atoms with van der Waals surface area (Å²) in [6.07, 6.45) is 1.97. The van der Waals surface area contributed by atoms with Crippen molar-refractivity contribution in [1.29, 1.82) is 0 Å². The first kappa shape index (κ1) is 29.7. The molecule has 208 valence electrons. The number of hydrogen-bond donors (Lipinski definition) is 3. The van der Waals surface area contributed by atoms with Crippen molar-refractivity contribution < 1.29 is 28.0 Å². The number of hydroxylamine groups is 1. The number of amides is 2. The highest BCUT2D eigenvalue weighted by Gasteiger charge is 2.38. The Morgan fingerprint density at radius 3 is 2.24 bits per heavy atom. The molecule has 1 atom stereocenters. The van der Waals surface area contributed by atoms with Gasteiger partial charge in [-0.05, 0) is 54.3 Å². The van der Waals surface area contributed by atoms with Gasteiger partial charge in [0.15, 0.2) is 0 Å². The molecule has 38 heavy (non-hydrogen) atoms. The number of carbonyl (C=O) groups excluding carboxylic acids is 2. The number of benzene rings is 2. The predicted molar refractivity (Wildman–Crippen MR) is 145 cm³/mol. The minimum Gasteiger partial charge on any atom is -0.379 e. The number of carbonyl (C=O) groups is 2. The van der Waals surface area contributed by atoms with Crippen LogP contribution in [-0.4, -0.2) is 80.1 Å². The molecule has 0 saturated carbocycles. The normalized spacial score (nSPS) is 15.4. The fourth-order valence-corrected chi connectivity index (χ4v) is 6.18. The molecule has 1 unspecified atom stereocenters. The fourth-order valence-electron chi connectivity index (χ4n) is 4.47. The molecule has 0 aliphatic carbocycles. The lowest BCUT2D eigenvalue weighted by molar-refractivity contribution is -0.134. The van der Waals surface area contributed by atoms with Gasteiger partial charge in [0.05, 0.1) is 18.1 Å². The number of ether oxygens (including phenoxy) is 1. The Bertz CT molecular complexity index is 1160. The van der Waals surface area contributed by atoms with Gasteiger partial charge in [-0.15, -0.1) is 0 Å². The van der Waals surface area contributed by atoms with Crippen LogP contribution in [0.4, 0.5) is 5.69 Å². The lowest BCUT2D eigenvalue weighted by Gasteiger charge is -2.34. The number of anilines is 1. The summed E-state index contributed by atoms with van der Waals surface area (Å²) in [4.78, 5) is 27.3. The molecule has 0 bridgehead atoms. The third kappa shape index (κ3) is 7.61. The zero-order chi connectivity index (χ0) is 27.7. The number of aryl methyl sites for hydroxylation is 1. The molecule has 1 aliphatic heterocycles. The number of sulfonamides is 1. The van der Waals surface area contributed by atoms with Crippen molar-refractivity contribution in [3.63, 3.8) is 0 Å². The van der Waals surface area contributed by atoms with E-state index < -0.39 is 27.9 Å². The maximum Gasteiger partial charge on any atom is 0.262 e. The van der Waals surface area contributed by atoms with Gasteiger partial charge in [0, 0.05) is 37.4 Å². The maximum absolute atomic E-state index is 13.7. The van der Waals surface area contributed by atoms with E-state index in [-0.39, 0.29) is 17.3 Å². The number of hydrogen-bond acceptors (Lipinski definition) is 7. The van der Waals surface area contributed by atoms with Gasteiger partial charge >= 0.3 is 0 Å². The van der Waals surface area contributed by atoms with E-state index in [1.54, 1.807) is 31.5 Å². The first-order valence-electron chi connectivity index (χ1n) is 12.9. The van der Waals surface area contributed by atoms with Crippen LogP contribution in [0.5, 0.6) is 0 Å². The third-order valence-electron chi connectivity index (χ3n) is 6.53. The topological polar surface area (TPSA) is 128 Å². The predicted octanol–water partition coefficient (Wildman–Crippen LogP) is 2.74. The summed E-state index contributed by atoms with van der Waals surface area (Å²) < 4.78 is 34.0. The summed E-state index contributed by atoms with van der Waals surface area (Å²) in [5.74, 6) is -1.49. The quantitative estimate of drug-likeness (QED) is 0.276. The second-order valence-electron chi connectivity index (χ2n) is 9.66. The Morgan fingerprint density at radius 2 is 1.68 bits per heavy atom. The zero-order valence-corrected chi connectivity index (χ0v) is 23.0. The second kappa shape index (κ2) is 13.8. The van der Waals surface area contributed by atoms with Crippen LogP contribution in [0.1, 0.15) is 43.1 Å². The lowest BCUT2D eigenvalue weighted by Crippen LogP contribution is -2.54. The second-order valence-corrected chi connectivity index (χ2v) is 11.6. The Hall–Kier alpha value is -2.83. The monoisotopic (exact) mass is 546 g/mol. The summed E-state index contributed by atoms with van der Waals surface area (Å²) in [5.41, 5.74) is 3.73. The molecule has 0 radical (unpaired) electrons. The number of rotatable bonds is 12. The van der Waals surface area contributed by atoms with Crippen molar-refractivity contribution >= 4 is 27.5 Å². The molecule has 2 aromatic carbocycles. The molecule has 2 amide bonds. The average Bonchev–Trinajstić information content (AvgIpc) is 2.91. The van der Waals surface area contributed by atoms with Crippen LogP contribution in [0.15, 0.2) is 53.4 Å². The number of morpholine rings is 1. The highest BCUT2D eigenvalue weighted by Crippen LogP contribution is 2.24. The van der Waals surface area contributed by atoms with Crippen molar-refractivity contribution in [2.24, 2.45) is 5.92 Å². The molecule has 0 spiro atoms. The van der Waals surface area contributed by atoms with Crippen LogP contribution in [0.25, 0.3) is 0 Å². The van der Waals surface area contributed by atoms with Crippen LogP contribution in [-0.2, 0) is 26.0 Å². The van der Waals surface area contributed by atoms with Crippen molar-refractivity contribution in [3.8, 4) is 0 Å². The molecule has 3 N–H and O–H groups in total. The Labute approximate surface area is 225 Å². The smallest absolute Gasteiger partial charge is 0.262 e. The van der Waals surface area contributed by atoms with E-state index in [0.29, 0.717) is 44.1 Å². The van der Waals surface area contributed by atoms with Crippen LogP contribution in [0.2, 0.25) is 0 Å². The summed E-state index contributed by atoms with van der Waals surface area (Å²) in [5, 5.41) is 12.1. The Balaban J connectivity index is 1.79. The molecule has 2 aromatic rings. The van der Waals surface area contributed by atoms with Crippen molar-refractivity contribution in [2.75, 3.05) is 44.7 Å². The molecule has 1 heterocycles. The minimum absolute atomic E-state index is 0.0159. The summed E-state index contributed by atoms with van der Waals surface area (Å²) in [7, 11) is -4.12. The Kier molecular flexibility index (Phi) is 10.8. The maximum atomic E-state index is 13.7. The van der Waals surface area contributed by atoms with Gasteiger partial charge in [-0.3, -0.25) is 19.7 Å². The molecule has 10 nitrogen and oxygen atoms in total. The number of nitrogens with one attached hydrogen (secondary N) is 2. The van der Waals surface area contributed by atoms with E-state index >= 15 is 0 Å². The van der Waals surface area contributed by atoms with Crippen molar-refractivity contribution in [2.45, 2.75) is 44.6 Å². The van der Waals surface area contributed by atoms with Crippen molar-refractivity contribution in [3.05, 3.63) is 59.7 Å². The zero-order valence-electron chi connectivity index (χ0n) is 22.2. The highest BCUT2D eigenvalue weighted by atomic mass is 32.2. The van der Waals surface area contributed by atoms with Crippen LogP contribution >= 0.6 is 0 Å². The fraction of sp³-hybridized carbons (Fsp3) is 0.481. The average molecular weight is 547 g/mol. The van der Waals surface area contributed by atoms with Crippen LogP contribution in [0.3, 0.4) is 0 Å². The largest absolute Gasteiger partial charge is 0.379 e. The van der Waals surface area contributed by atoms with Gasteiger partial charge in [-0.25, -0.2) is 13.9 Å². The molecular weight excluding hydrogens is 508 g/mol. The molecule has 1 fully saturated rings. The van der Waals surface area contributed by atoms with E-state index in [1.165, 1.54) is 24.3 Å². The minimum atomic E-state index is -4.12. The molecule has 3 rings (SSSR count). The third-order valence-corrected chi connectivity index (χ3v) is 8.43. The van der Waals surface area contributed by atoms with Crippen LogP contribution < -0.4 is 10.8 Å². The summed E-state index contributed by atoms with van der Waals surface area (Å²) >= 11 is 0. The molecular formula is C27H38N4O6S. The van der Waals surface area contributed by atoms with Crippen LogP contribution in [0, 0.1) is 5.92 Å².